The maximum Gasteiger partial charge on any atom is 0.326 e. The molecule has 1 aromatic rings. The number of carbonyl (C=O) groups is 2. The van der Waals surface area contributed by atoms with Crippen LogP contribution in [0.4, 0.5) is 0 Å². The Morgan fingerprint density at radius 1 is 1.26 bits per heavy atom. The molecule has 104 valence electrons. The maximum atomic E-state index is 11.5. The zero-order valence-corrected chi connectivity index (χ0v) is 10.7. The number of rotatable bonds is 7. The second kappa shape index (κ2) is 7.38. The normalized spacial score (nSPS) is 11.8. The van der Waals surface area contributed by atoms with Crippen LogP contribution in [0.2, 0.25) is 0 Å². The molecule has 0 saturated carbocycles. The molecule has 6 heteroatoms. The molecule has 0 heterocycles. The second-order valence-corrected chi connectivity index (χ2v) is 4.11. The number of carbonyl (C=O) groups excluding carboxylic acids is 1. The van der Waals surface area contributed by atoms with Crippen molar-refractivity contribution in [3.63, 3.8) is 0 Å². The summed E-state index contributed by atoms with van der Waals surface area (Å²) in [5.74, 6) is -1.32. The van der Waals surface area contributed by atoms with Crippen LogP contribution in [0.15, 0.2) is 24.3 Å². The van der Waals surface area contributed by atoms with Gasteiger partial charge in [0.2, 0.25) is 5.91 Å². The number of aliphatic carboxylic acids is 1. The number of nitrogens with one attached hydrogen (secondary N) is 2. The van der Waals surface area contributed by atoms with Crippen LogP contribution in [0.5, 0.6) is 5.75 Å². The van der Waals surface area contributed by atoms with Crippen molar-refractivity contribution >= 4 is 11.9 Å². The first kappa shape index (κ1) is 15.0. The summed E-state index contributed by atoms with van der Waals surface area (Å²) in [5.41, 5.74) is 0.731. The van der Waals surface area contributed by atoms with Gasteiger partial charge in [-0.2, -0.15) is 0 Å². The molecule has 4 N–H and O–H groups in total. The highest BCUT2D eigenvalue weighted by Crippen LogP contribution is 2.11. The number of carboxylic acid groups (broad SMARTS) is 1. The summed E-state index contributed by atoms with van der Waals surface area (Å²) in [7, 11) is 0. The minimum atomic E-state index is -1.09. The van der Waals surface area contributed by atoms with E-state index < -0.39 is 12.0 Å². The van der Waals surface area contributed by atoms with Gasteiger partial charge in [0.05, 0.1) is 6.54 Å². The number of likely N-dealkylation sites (N-methyl/N-ethyl adjacent to an activating group) is 1. The molecule has 19 heavy (non-hydrogen) atoms. The van der Waals surface area contributed by atoms with Crippen LogP contribution in [-0.2, 0) is 16.0 Å². The van der Waals surface area contributed by atoms with E-state index in [4.69, 9.17) is 10.2 Å². The van der Waals surface area contributed by atoms with Gasteiger partial charge >= 0.3 is 5.97 Å². The van der Waals surface area contributed by atoms with E-state index in [1.807, 2.05) is 6.92 Å². The first-order valence-corrected chi connectivity index (χ1v) is 6.03. The summed E-state index contributed by atoms with van der Waals surface area (Å²) < 4.78 is 0. The smallest absolute Gasteiger partial charge is 0.326 e. The van der Waals surface area contributed by atoms with Gasteiger partial charge in [0.15, 0.2) is 0 Å². The van der Waals surface area contributed by atoms with Gasteiger partial charge in [0.25, 0.3) is 0 Å². The molecule has 0 aliphatic carbocycles. The van der Waals surface area contributed by atoms with Crippen LogP contribution >= 0.6 is 0 Å². The molecule has 0 radical (unpaired) electrons. The number of amides is 1. The van der Waals surface area contributed by atoms with Gasteiger partial charge < -0.3 is 20.8 Å². The third-order valence-corrected chi connectivity index (χ3v) is 2.55. The van der Waals surface area contributed by atoms with Gasteiger partial charge in [-0.05, 0) is 24.2 Å². The lowest BCUT2D eigenvalue weighted by molar-refractivity contribution is -0.141. The van der Waals surface area contributed by atoms with E-state index in [2.05, 4.69) is 10.6 Å². The van der Waals surface area contributed by atoms with Gasteiger partial charge in [-0.1, -0.05) is 19.1 Å². The molecule has 0 aliphatic heterocycles. The zero-order chi connectivity index (χ0) is 14.3. The minimum absolute atomic E-state index is 0.0931. The third kappa shape index (κ3) is 5.39. The number of aromatic hydroxyl groups is 1. The van der Waals surface area contributed by atoms with Crippen LogP contribution in [0.3, 0.4) is 0 Å². The van der Waals surface area contributed by atoms with Gasteiger partial charge in [-0.3, -0.25) is 4.79 Å². The SMILES string of the molecule is CCNCC(=O)N[C@@H](Cc1ccc(O)cc1)C(=O)O. The van der Waals surface area contributed by atoms with Crippen molar-refractivity contribution in [3.8, 4) is 5.75 Å². The second-order valence-electron chi connectivity index (χ2n) is 4.11. The van der Waals surface area contributed by atoms with E-state index in [0.29, 0.717) is 6.54 Å². The van der Waals surface area contributed by atoms with Crippen molar-refractivity contribution < 1.29 is 19.8 Å². The summed E-state index contributed by atoms with van der Waals surface area (Å²) in [6.07, 6.45) is 0.174. The molecule has 0 fully saturated rings. The van der Waals surface area contributed by atoms with Gasteiger partial charge in [0, 0.05) is 6.42 Å². The number of benzene rings is 1. The molecule has 1 aromatic carbocycles. The molecule has 0 bridgehead atoms. The highest BCUT2D eigenvalue weighted by Gasteiger charge is 2.19. The number of phenolic OH excluding ortho intramolecular Hbond substituents is 1. The summed E-state index contributed by atoms with van der Waals surface area (Å²) in [4.78, 5) is 22.6. The van der Waals surface area contributed by atoms with Crippen LogP contribution in [0.1, 0.15) is 12.5 Å². The molecular weight excluding hydrogens is 248 g/mol. The maximum absolute atomic E-state index is 11.5. The number of phenols is 1. The first-order valence-electron chi connectivity index (χ1n) is 6.03. The van der Waals surface area contributed by atoms with E-state index in [1.165, 1.54) is 12.1 Å². The molecule has 6 nitrogen and oxygen atoms in total. The lowest BCUT2D eigenvalue weighted by Crippen LogP contribution is -2.45. The Kier molecular flexibility index (Phi) is 5.81. The molecule has 0 saturated heterocycles. The lowest BCUT2D eigenvalue weighted by atomic mass is 10.1. The molecular formula is C13H18N2O4. The van der Waals surface area contributed by atoms with Crippen LogP contribution in [0, 0.1) is 0 Å². The molecule has 1 rings (SSSR count). The van der Waals surface area contributed by atoms with Crippen LogP contribution in [-0.4, -0.2) is 41.2 Å². The summed E-state index contributed by atoms with van der Waals surface area (Å²) in [6.45, 7) is 2.59. The van der Waals surface area contributed by atoms with Crippen molar-refractivity contribution in [2.24, 2.45) is 0 Å². The predicted molar refractivity (Wildman–Crippen MR) is 69.9 cm³/mol. The van der Waals surface area contributed by atoms with E-state index in [9.17, 15) is 9.59 Å². The fourth-order valence-corrected chi connectivity index (χ4v) is 1.55. The fourth-order valence-electron chi connectivity index (χ4n) is 1.55. The van der Waals surface area contributed by atoms with Crippen molar-refractivity contribution in [1.82, 2.24) is 10.6 Å². The van der Waals surface area contributed by atoms with Gasteiger partial charge in [-0.25, -0.2) is 4.79 Å². The largest absolute Gasteiger partial charge is 0.508 e. The quantitative estimate of drug-likeness (QED) is 0.561. The predicted octanol–water partition coefficient (Wildman–Crippen LogP) is 0.114. The molecule has 0 aromatic heterocycles. The highest BCUT2D eigenvalue weighted by atomic mass is 16.4. The Hall–Kier alpha value is -2.08. The fraction of sp³-hybridized carbons (Fsp3) is 0.385. The Morgan fingerprint density at radius 3 is 2.42 bits per heavy atom. The van der Waals surface area contributed by atoms with Crippen molar-refractivity contribution in [2.45, 2.75) is 19.4 Å². The average Bonchev–Trinajstić information content (AvgIpc) is 2.38. The summed E-state index contributed by atoms with van der Waals surface area (Å²) in [6, 6.07) is 5.24. The van der Waals surface area contributed by atoms with Gasteiger partial charge in [-0.15, -0.1) is 0 Å². The molecule has 0 unspecified atom stereocenters. The molecule has 1 atom stereocenters. The molecule has 0 aliphatic rings. The van der Waals surface area contributed by atoms with Crippen molar-refractivity contribution in [1.29, 1.82) is 0 Å². The Balaban J connectivity index is 2.60. The standard InChI is InChI=1S/C13H18N2O4/c1-2-14-8-12(17)15-11(13(18)19)7-9-3-5-10(16)6-4-9/h3-6,11,14,16H,2,7-8H2,1H3,(H,15,17)(H,18,19)/t11-/m0/s1. The van der Waals surface area contributed by atoms with E-state index >= 15 is 0 Å². The van der Waals surface area contributed by atoms with E-state index in [-0.39, 0.29) is 24.6 Å². The Morgan fingerprint density at radius 2 is 1.89 bits per heavy atom. The number of hydrogen-bond donors (Lipinski definition) is 4. The lowest BCUT2D eigenvalue weighted by Gasteiger charge is -2.14. The van der Waals surface area contributed by atoms with Crippen molar-refractivity contribution in [3.05, 3.63) is 29.8 Å². The highest BCUT2D eigenvalue weighted by molar-refractivity contribution is 5.84. The Bertz CT molecular complexity index is 431. The van der Waals surface area contributed by atoms with Gasteiger partial charge in [0.1, 0.15) is 11.8 Å². The van der Waals surface area contributed by atoms with Crippen molar-refractivity contribution in [2.75, 3.05) is 13.1 Å². The average molecular weight is 266 g/mol. The molecule has 0 spiro atoms. The summed E-state index contributed by atoms with van der Waals surface area (Å²) in [5, 5.41) is 23.5. The van der Waals surface area contributed by atoms with E-state index in [1.54, 1.807) is 12.1 Å². The third-order valence-electron chi connectivity index (χ3n) is 2.55. The van der Waals surface area contributed by atoms with E-state index in [0.717, 1.165) is 5.56 Å². The zero-order valence-electron chi connectivity index (χ0n) is 10.7. The molecule has 1 amide bonds. The Labute approximate surface area is 111 Å². The van der Waals surface area contributed by atoms with Crippen LogP contribution in [0.25, 0.3) is 0 Å². The summed E-state index contributed by atoms with van der Waals surface area (Å²) >= 11 is 0. The first-order chi connectivity index (χ1) is 9.02. The topological polar surface area (TPSA) is 98.7 Å². The minimum Gasteiger partial charge on any atom is -0.508 e. The monoisotopic (exact) mass is 266 g/mol. The number of carboxylic acids is 1. The van der Waals surface area contributed by atoms with Crippen LogP contribution < -0.4 is 10.6 Å². The number of hydrogen-bond acceptors (Lipinski definition) is 4.